The van der Waals surface area contributed by atoms with Crippen LogP contribution >= 0.6 is 0 Å². The second-order valence-corrected chi connectivity index (χ2v) is 6.67. The van der Waals surface area contributed by atoms with Crippen LogP contribution in [0.5, 0.6) is 0 Å². The molecule has 25 heavy (non-hydrogen) atoms. The van der Waals surface area contributed by atoms with Gasteiger partial charge in [-0.05, 0) is 30.8 Å². The Labute approximate surface area is 148 Å². The molecule has 1 aromatic carbocycles. The highest BCUT2D eigenvalue weighted by atomic mass is 15.3. The van der Waals surface area contributed by atoms with Crippen molar-refractivity contribution in [3.05, 3.63) is 54.4 Å². The van der Waals surface area contributed by atoms with Gasteiger partial charge in [-0.1, -0.05) is 25.1 Å². The van der Waals surface area contributed by atoms with Crippen molar-refractivity contribution in [3.8, 4) is 11.3 Å². The van der Waals surface area contributed by atoms with Crippen LogP contribution in [-0.4, -0.2) is 51.9 Å². The van der Waals surface area contributed by atoms with Crippen molar-refractivity contribution < 1.29 is 0 Å². The summed E-state index contributed by atoms with van der Waals surface area (Å²) >= 11 is 0. The molecule has 2 N–H and O–H groups in total. The predicted molar refractivity (Wildman–Crippen MR) is 102 cm³/mol. The summed E-state index contributed by atoms with van der Waals surface area (Å²) in [6.07, 6.45) is 2.11. The summed E-state index contributed by atoms with van der Waals surface area (Å²) in [6.45, 7) is 8.76. The molecule has 0 bridgehead atoms. The van der Waals surface area contributed by atoms with Gasteiger partial charge in [0.2, 0.25) is 0 Å². The lowest BCUT2D eigenvalue weighted by atomic mass is 10.1. The second kappa shape index (κ2) is 6.86. The summed E-state index contributed by atoms with van der Waals surface area (Å²) in [5.41, 5.74) is 11.1. The number of hydrogen-bond donors (Lipinski definition) is 1. The Morgan fingerprint density at radius 3 is 2.56 bits per heavy atom. The standard InChI is InChI=1S/C20H25N5/c1-2-23-10-12-24(13-11-23)15-18-20(16-6-5-7-17(21)14-16)22-19-8-3-4-9-25(18)19/h3-9,14H,2,10-13,15,21H2,1H3. The molecule has 0 atom stereocenters. The third kappa shape index (κ3) is 3.25. The van der Waals surface area contributed by atoms with E-state index >= 15 is 0 Å². The fraction of sp³-hybridized carbons (Fsp3) is 0.350. The number of imidazole rings is 1. The minimum absolute atomic E-state index is 0.775. The molecular weight excluding hydrogens is 310 g/mol. The molecule has 3 aromatic rings. The van der Waals surface area contributed by atoms with E-state index in [1.54, 1.807) is 0 Å². The molecule has 1 aliphatic rings. The Morgan fingerprint density at radius 2 is 1.80 bits per heavy atom. The van der Waals surface area contributed by atoms with E-state index in [4.69, 9.17) is 10.7 Å². The molecule has 0 radical (unpaired) electrons. The van der Waals surface area contributed by atoms with Crippen molar-refractivity contribution in [1.29, 1.82) is 0 Å². The normalized spacial score (nSPS) is 16.5. The lowest BCUT2D eigenvalue weighted by molar-refractivity contribution is 0.131. The number of nitrogens with two attached hydrogens (primary N) is 1. The molecule has 0 saturated carbocycles. The van der Waals surface area contributed by atoms with Crippen LogP contribution in [-0.2, 0) is 6.54 Å². The van der Waals surface area contributed by atoms with E-state index in [-0.39, 0.29) is 0 Å². The Morgan fingerprint density at radius 1 is 1.00 bits per heavy atom. The number of pyridine rings is 1. The number of aromatic nitrogens is 2. The van der Waals surface area contributed by atoms with Crippen LogP contribution in [0.4, 0.5) is 5.69 Å². The Hall–Kier alpha value is -2.37. The van der Waals surface area contributed by atoms with Gasteiger partial charge < -0.3 is 15.0 Å². The maximum absolute atomic E-state index is 6.00. The van der Waals surface area contributed by atoms with Gasteiger partial charge in [-0.15, -0.1) is 0 Å². The van der Waals surface area contributed by atoms with Gasteiger partial charge in [-0.3, -0.25) is 4.90 Å². The van der Waals surface area contributed by atoms with Gasteiger partial charge in [0, 0.05) is 50.2 Å². The summed E-state index contributed by atoms with van der Waals surface area (Å²) in [6, 6.07) is 14.2. The van der Waals surface area contributed by atoms with Gasteiger partial charge in [0.05, 0.1) is 11.4 Å². The van der Waals surface area contributed by atoms with Crippen LogP contribution < -0.4 is 5.73 Å². The number of nitrogen functional groups attached to an aromatic ring is 1. The van der Waals surface area contributed by atoms with E-state index in [1.807, 2.05) is 24.3 Å². The first-order chi connectivity index (χ1) is 12.2. The fourth-order valence-electron chi connectivity index (χ4n) is 3.59. The van der Waals surface area contributed by atoms with E-state index in [0.29, 0.717) is 0 Å². The molecule has 0 amide bonds. The number of piperazine rings is 1. The summed E-state index contributed by atoms with van der Waals surface area (Å²) in [4.78, 5) is 9.92. The summed E-state index contributed by atoms with van der Waals surface area (Å²) < 4.78 is 2.21. The molecule has 130 valence electrons. The molecule has 4 rings (SSSR count). The highest BCUT2D eigenvalue weighted by molar-refractivity contribution is 5.69. The number of nitrogens with zero attached hydrogens (tertiary/aromatic N) is 4. The van der Waals surface area contributed by atoms with E-state index in [1.165, 1.54) is 5.69 Å². The van der Waals surface area contributed by atoms with Crippen LogP contribution in [0, 0.1) is 0 Å². The minimum Gasteiger partial charge on any atom is -0.399 e. The SMILES string of the molecule is CCN1CCN(Cc2c(-c3cccc(N)c3)nc3ccccn23)CC1. The largest absolute Gasteiger partial charge is 0.399 e. The average molecular weight is 335 g/mol. The van der Waals surface area contributed by atoms with Crippen molar-refractivity contribution in [3.63, 3.8) is 0 Å². The maximum Gasteiger partial charge on any atom is 0.137 e. The number of rotatable bonds is 4. The van der Waals surface area contributed by atoms with Gasteiger partial charge in [0.25, 0.3) is 0 Å². The first-order valence-electron chi connectivity index (χ1n) is 9.01. The van der Waals surface area contributed by atoms with Crippen molar-refractivity contribution in [2.24, 2.45) is 0 Å². The Bertz CT molecular complexity index is 861. The molecule has 5 heteroatoms. The minimum atomic E-state index is 0.775. The summed E-state index contributed by atoms with van der Waals surface area (Å²) in [5, 5.41) is 0. The topological polar surface area (TPSA) is 49.8 Å². The highest BCUT2D eigenvalue weighted by Gasteiger charge is 2.20. The summed E-state index contributed by atoms with van der Waals surface area (Å²) in [5.74, 6) is 0. The van der Waals surface area contributed by atoms with Gasteiger partial charge in [-0.25, -0.2) is 4.98 Å². The van der Waals surface area contributed by atoms with Crippen LogP contribution in [0.3, 0.4) is 0 Å². The molecule has 0 spiro atoms. The first-order valence-corrected chi connectivity index (χ1v) is 9.01. The maximum atomic E-state index is 6.00. The molecule has 3 heterocycles. The molecule has 1 saturated heterocycles. The van der Waals surface area contributed by atoms with Crippen molar-refractivity contribution in [2.75, 3.05) is 38.5 Å². The third-order valence-corrected chi connectivity index (χ3v) is 5.07. The number of hydrogen-bond acceptors (Lipinski definition) is 4. The quantitative estimate of drug-likeness (QED) is 0.745. The van der Waals surface area contributed by atoms with E-state index in [9.17, 15) is 0 Å². The number of anilines is 1. The smallest absolute Gasteiger partial charge is 0.137 e. The van der Waals surface area contributed by atoms with E-state index < -0.39 is 0 Å². The molecule has 1 aliphatic heterocycles. The Balaban J connectivity index is 1.70. The third-order valence-electron chi connectivity index (χ3n) is 5.07. The zero-order chi connectivity index (χ0) is 17.2. The van der Waals surface area contributed by atoms with Crippen LogP contribution in [0.15, 0.2) is 48.7 Å². The molecule has 0 unspecified atom stereocenters. The number of benzene rings is 1. The van der Waals surface area contributed by atoms with Crippen LogP contribution in [0.1, 0.15) is 12.6 Å². The van der Waals surface area contributed by atoms with Crippen LogP contribution in [0.25, 0.3) is 16.9 Å². The monoisotopic (exact) mass is 335 g/mol. The molecule has 5 nitrogen and oxygen atoms in total. The number of fused-ring (bicyclic) bond motifs is 1. The molecule has 2 aromatic heterocycles. The van der Waals surface area contributed by atoms with Gasteiger partial charge in [0.1, 0.15) is 5.65 Å². The molecule has 1 fully saturated rings. The van der Waals surface area contributed by atoms with Gasteiger partial charge in [-0.2, -0.15) is 0 Å². The molecule has 0 aliphatic carbocycles. The second-order valence-electron chi connectivity index (χ2n) is 6.67. The first kappa shape index (κ1) is 16.1. The molecular formula is C20H25N5. The van der Waals surface area contributed by atoms with Crippen molar-refractivity contribution in [1.82, 2.24) is 19.2 Å². The average Bonchev–Trinajstić information content (AvgIpc) is 3.01. The van der Waals surface area contributed by atoms with Crippen LogP contribution in [0.2, 0.25) is 0 Å². The fourth-order valence-corrected chi connectivity index (χ4v) is 3.59. The van der Waals surface area contributed by atoms with Crippen molar-refractivity contribution in [2.45, 2.75) is 13.5 Å². The van der Waals surface area contributed by atoms with Gasteiger partial charge in [0.15, 0.2) is 0 Å². The van der Waals surface area contributed by atoms with E-state index in [0.717, 1.165) is 61.9 Å². The zero-order valence-corrected chi connectivity index (χ0v) is 14.7. The predicted octanol–water partition coefficient (Wildman–Crippen LogP) is 2.72. The lowest BCUT2D eigenvalue weighted by Crippen LogP contribution is -2.45. The van der Waals surface area contributed by atoms with Crippen molar-refractivity contribution >= 4 is 11.3 Å². The lowest BCUT2D eigenvalue weighted by Gasteiger charge is -2.34. The Kier molecular flexibility index (Phi) is 4.42. The zero-order valence-electron chi connectivity index (χ0n) is 14.7. The van der Waals surface area contributed by atoms with E-state index in [2.05, 4.69) is 45.5 Å². The summed E-state index contributed by atoms with van der Waals surface area (Å²) in [7, 11) is 0. The highest BCUT2D eigenvalue weighted by Crippen LogP contribution is 2.27. The van der Waals surface area contributed by atoms with Gasteiger partial charge >= 0.3 is 0 Å². The number of likely N-dealkylation sites (N-methyl/N-ethyl adjacent to an activating group) is 1.